The highest BCUT2D eigenvalue weighted by molar-refractivity contribution is 5.47. The van der Waals surface area contributed by atoms with Crippen molar-refractivity contribution < 1.29 is 0 Å². The molecule has 1 heterocycles. The molecular weight excluding hydrogens is 182 g/mol. The second-order valence-corrected chi connectivity index (χ2v) is 3.36. The molecule has 0 saturated heterocycles. The molecule has 0 aliphatic carbocycles. The summed E-state index contributed by atoms with van der Waals surface area (Å²) in [5.41, 5.74) is 0.231. The molecule has 5 nitrogen and oxygen atoms in total. The van der Waals surface area contributed by atoms with Gasteiger partial charge in [-0.15, -0.1) is 0 Å². The van der Waals surface area contributed by atoms with E-state index in [9.17, 15) is 9.59 Å². The van der Waals surface area contributed by atoms with Gasteiger partial charge in [0.25, 0.3) is 11.1 Å². The molecule has 1 atom stereocenters. The minimum absolute atomic E-state index is 0.177. The molecule has 1 aromatic rings. The first kappa shape index (κ1) is 10.6. The van der Waals surface area contributed by atoms with Crippen LogP contribution < -0.4 is 16.4 Å². The van der Waals surface area contributed by atoms with Crippen molar-refractivity contribution in [1.29, 1.82) is 0 Å². The lowest BCUT2D eigenvalue weighted by atomic mass is 10.2. The molecule has 14 heavy (non-hydrogen) atoms. The SMILES string of the molecule is CCC(C)Nc1c(C)c(=O)[nH][nH]c1=O. The van der Waals surface area contributed by atoms with Crippen molar-refractivity contribution >= 4 is 5.69 Å². The molecule has 78 valence electrons. The zero-order valence-electron chi connectivity index (χ0n) is 8.60. The summed E-state index contributed by atoms with van der Waals surface area (Å²) < 4.78 is 0. The Balaban J connectivity index is 3.13. The van der Waals surface area contributed by atoms with Crippen molar-refractivity contribution in [1.82, 2.24) is 10.2 Å². The number of nitrogens with one attached hydrogen (secondary N) is 3. The molecule has 1 unspecified atom stereocenters. The molecule has 1 rings (SSSR count). The molecule has 3 N–H and O–H groups in total. The first-order chi connectivity index (χ1) is 6.56. The van der Waals surface area contributed by atoms with E-state index in [0.717, 1.165) is 6.42 Å². The highest BCUT2D eigenvalue weighted by Crippen LogP contribution is 2.04. The van der Waals surface area contributed by atoms with Crippen LogP contribution in [0.1, 0.15) is 25.8 Å². The molecule has 0 aliphatic rings. The summed E-state index contributed by atoms with van der Waals surface area (Å²) >= 11 is 0. The van der Waals surface area contributed by atoms with Crippen molar-refractivity contribution in [3.8, 4) is 0 Å². The van der Waals surface area contributed by atoms with Crippen LogP contribution in [0, 0.1) is 6.92 Å². The van der Waals surface area contributed by atoms with E-state index >= 15 is 0 Å². The molecule has 0 amide bonds. The minimum Gasteiger partial charge on any atom is -0.378 e. The van der Waals surface area contributed by atoms with Gasteiger partial charge in [0.2, 0.25) is 0 Å². The molecule has 5 heteroatoms. The summed E-state index contributed by atoms with van der Waals surface area (Å²) in [4.78, 5) is 22.6. The van der Waals surface area contributed by atoms with Crippen LogP contribution in [0.2, 0.25) is 0 Å². The Morgan fingerprint density at radius 3 is 2.43 bits per heavy atom. The highest BCUT2D eigenvalue weighted by atomic mass is 16.1. The molecular formula is C9H15N3O2. The van der Waals surface area contributed by atoms with Gasteiger partial charge in [0.15, 0.2) is 0 Å². The first-order valence-electron chi connectivity index (χ1n) is 4.64. The Morgan fingerprint density at radius 2 is 1.86 bits per heavy atom. The van der Waals surface area contributed by atoms with E-state index in [2.05, 4.69) is 15.5 Å². The number of aromatic nitrogens is 2. The summed E-state index contributed by atoms with van der Waals surface area (Å²) in [6.07, 6.45) is 0.895. The van der Waals surface area contributed by atoms with Crippen LogP contribution in [0.4, 0.5) is 5.69 Å². The Labute approximate surface area is 81.5 Å². The third-order valence-electron chi connectivity index (χ3n) is 2.24. The van der Waals surface area contributed by atoms with Gasteiger partial charge in [-0.2, -0.15) is 0 Å². The zero-order chi connectivity index (χ0) is 10.7. The second kappa shape index (κ2) is 4.13. The quantitative estimate of drug-likeness (QED) is 0.663. The fourth-order valence-corrected chi connectivity index (χ4v) is 1.08. The number of hydrogen-bond donors (Lipinski definition) is 3. The lowest BCUT2D eigenvalue weighted by molar-refractivity contribution is 0.757. The van der Waals surface area contributed by atoms with Crippen molar-refractivity contribution in [3.63, 3.8) is 0 Å². The number of anilines is 1. The lowest BCUT2D eigenvalue weighted by Gasteiger charge is -2.12. The van der Waals surface area contributed by atoms with Crippen LogP contribution >= 0.6 is 0 Å². The Hall–Kier alpha value is -1.52. The maximum atomic E-state index is 11.4. The molecule has 0 saturated carbocycles. The summed E-state index contributed by atoms with van der Waals surface area (Å²) in [7, 11) is 0. The molecule has 0 bridgehead atoms. The number of hydrogen-bond acceptors (Lipinski definition) is 3. The lowest BCUT2D eigenvalue weighted by Crippen LogP contribution is -2.28. The Morgan fingerprint density at radius 1 is 1.29 bits per heavy atom. The van der Waals surface area contributed by atoms with Crippen molar-refractivity contribution in [2.24, 2.45) is 0 Å². The van der Waals surface area contributed by atoms with E-state index in [-0.39, 0.29) is 17.2 Å². The largest absolute Gasteiger partial charge is 0.378 e. The van der Waals surface area contributed by atoms with Gasteiger partial charge in [0, 0.05) is 11.6 Å². The van der Waals surface area contributed by atoms with E-state index in [0.29, 0.717) is 11.3 Å². The van der Waals surface area contributed by atoms with E-state index in [1.54, 1.807) is 6.92 Å². The summed E-state index contributed by atoms with van der Waals surface area (Å²) in [6, 6.07) is 0.177. The van der Waals surface area contributed by atoms with E-state index in [1.807, 2.05) is 13.8 Å². The summed E-state index contributed by atoms with van der Waals surface area (Å²) in [5.74, 6) is 0. The summed E-state index contributed by atoms with van der Waals surface area (Å²) in [5, 5.41) is 7.55. The van der Waals surface area contributed by atoms with Crippen molar-refractivity contribution in [3.05, 3.63) is 26.3 Å². The Kier molecular flexibility index (Phi) is 3.11. The predicted octanol–water partition coefficient (Wildman–Crippen LogP) is 0.582. The van der Waals surface area contributed by atoms with Gasteiger partial charge in [-0.3, -0.25) is 19.8 Å². The van der Waals surface area contributed by atoms with Crippen LogP contribution in [0.15, 0.2) is 9.59 Å². The fraction of sp³-hybridized carbons (Fsp3) is 0.556. The molecule has 1 aromatic heterocycles. The van der Waals surface area contributed by atoms with Crippen LogP contribution in [-0.4, -0.2) is 16.2 Å². The third-order valence-corrected chi connectivity index (χ3v) is 2.24. The van der Waals surface area contributed by atoms with Gasteiger partial charge in [0.1, 0.15) is 5.69 Å². The molecule has 0 radical (unpaired) electrons. The van der Waals surface area contributed by atoms with Gasteiger partial charge in [-0.1, -0.05) is 6.92 Å². The Bertz CT molecular complexity index is 419. The number of rotatable bonds is 3. The van der Waals surface area contributed by atoms with Crippen LogP contribution in [0.25, 0.3) is 0 Å². The molecule has 0 spiro atoms. The normalized spacial score (nSPS) is 12.5. The average molecular weight is 197 g/mol. The van der Waals surface area contributed by atoms with Crippen molar-refractivity contribution in [2.45, 2.75) is 33.2 Å². The highest BCUT2D eigenvalue weighted by Gasteiger charge is 2.08. The average Bonchev–Trinajstić information content (AvgIpc) is 2.18. The number of aromatic amines is 2. The maximum absolute atomic E-state index is 11.4. The van der Waals surface area contributed by atoms with Gasteiger partial charge in [0.05, 0.1) is 0 Å². The second-order valence-electron chi connectivity index (χ2n) is 3.36. The topological polar surface area (TPSA) is 77.8 Å². The smallest absolute Gasteiger partial charge is 0.286 e. The standard InChI is InChI=1S/C9H15N3O2/c1-4-5(2)10-7-6(3)8(13)11-12-9(7)14/h5H,4H2,1-3H3,(H,12,14)(H2,10,11,13). The van der Waals surface area contributed by atoms with E-state index < -0.39 is 0 Å². The first-order valence-corrected chi connectivity index (χ1v) is 4.64. The fourth-order valence-electron chi connectivity index (χ4n) is 1.08. The molecule has 0 aromatic carbocycles. The van der Waals surface area contributed by atoms with Gasteiger partial charge >= 0.3 is 0 Å². The number of H-pyrrole nitrogens is 2. The van der Waals surface area contributed by atoms with Gasteiger partial charge < -0.3 is 5.32 Å². The minimum atomic E-state index is -0.289. The van der Waals surface area contributed by atoms with Crippen LogP contribution in [-0.2, 0) is 0 Å². The third kappa shape index (κ3) is 2.04. The van der Waals surface area contributed by atoms with Crippen LogP contribution in [0.5, 0.6) is 0 Å². The van der Waals surface area contributed by atoms with E-state index in [1.165, 1.54) is 0 Å². The van der Waals surface area contributed by atoms with E-state index in [4.69, 9.17) is 0 Å². The zero-order valence-corrected chi connectivity index (χ0v) is 8.60. The summed E-state index contributed by atoms with van der Waals surface area (Å²) in [6.45, 7) is 5.59. The van der Waals surface area contributed by atoms with Gasteiger partial charge in [-0.05, 0) is 20.3 Å². The van der Waals surface area contributed by atoms with Crippen LogP contribution in [0.3, 0.4) is 0 Å². The molecule has 0 aliphatic heterocycles. The van der Waals surface area contributed by atoms with Gasteiger partial charge in [-0.25, -0.2) is 0 Å². The van der Waals surface area contributed by atoms with Crippen molar-refractivity contribution in [2.75, 3.05) is 5.32 Å². The monoisotopic (exact) mass is 197 g/mol. The maximum Gasteiger partial charge on any atom is 0.286 e. The predicted molar refractivity (Wildman–Crippen MR) is 55.8 cm³/mol. The molecule has 0 fully saturated rings.